The molecule has 88 valence electrons. The van der Waals surface area contributed by atoms with E-state index in [0.717, 1.165) is 12.2 Å². The normalized spacial score (nSPS) is 10.2. The Labute approximate surface area is 101 Å². The molecule has 0 atom stereocenters. The third kappa shape index (κ3) is 3.27. The summed E-state index contributed by atoms with van der Waals surface area (Å²) >= 11 is 1.77. The molecule has 0 N–H and O–H groups in total. The largest absolute Gasteiger partial charge is 0.462 e. The molecule has 0 fully saturated rings. The number of esters is 1. The highest BCUT2D eigenvalue weighted by Crippen LogP contribution is 2.24. The lowest BCUT2D eigenvalue weighted by atomic mass is 10.1. The Hall–Kier alpha value is -0.960. The molecule has 16 heavy (non-hydrogen) atoms. The van der Waals surface area contributed by atoms with E-state index in [2.05, 4.69) is 13.8 Å². The maximum atomic E-state index is 11.6. The lowest BCUT2D eigenvalue weighted by Crippen LogP contribution is -2.05. The van der Waals surface area contributed by atoms with Crippen LogP contribution in [0.1, 0.15) is 36.7 Å². The first-order valence-electron chi connectivity index (χ1n) is 5.65. The number of hydrogen-bond acceptors (Lipinski definition) is 3. The minimum Gasteiger partial charge on any atom is -0.462 e. The van der Waals surface area contributed by atoms with E-state index in [0.29, 0.717) is 12.2 Å². The molecule has 1 rings (SSSR count). The molecule has 0 aliphatic carbocycles. The predicted octanol–water partition coefficient (Wildman–Crippen LogP) is 3.54. The quantitative estimate of drug-likeness (QED) is 0.580. The van der Waals surface area contributed by atoms with Crippen LogP contribution >= 0.6 is 11.8 Å². The zero-order valence-corrected chi connectivity index (χ0v) is 10.9. The zero-order valence-electron chi connectivity index (χ0n) is 10.1. The van der Waals surface area contributed by atoms with Gasteiger partial charge in [0.1, 0.15) is 0 Å². The molecular weight excluding hydrogens is 220 g/mol. The van der Waals surface area contributed by atoms with Gasteiger partial charge in [-0.25, -0.2) is 4.79 Å². The van der Waals surface area contributed by atoms with Gasteiger partial charge >= 0.3 is 5.97 Å². The van der Waals surface area contributed by atoms with Gasteiger partial charge in [-0.3, -0.25) is 0 Å². The van der Waals surface area contributed by atoms with E-state index in [1.54, 1.807) is 11.8 Å². The first-order chi connectivity index (χ1) is 7.72. The summed E-state index contributed by atoms with van der Waals surface area (Å²) in [6.07, 6.45) is 0.992. The number of benzene rings is 1. The van der Waals surface area contributed by atoms with Crippen LogP contribution in [0, 0.1) is 0 Å². The van der Waals surface area contributed by atoms with E-state index < -0.39 is 0 Å². The number of thioether (sulfide) groups is 1. The van der Waals surface area contributed by atoms with Crippen molar-refractivity contribution < 1.29 is 9.53 Å². The van der Waals surface area contributed by atoms with Crippen molar-refractivity contribution in [2.75, 3.05) is 12.4 Å². The van der Waals surface area contributed by atoms with Crippen LogP contribution < -0.4 is 0 Å². The second-order valence-corrected chi connectivity index (χ2v) is 4.64. The Morgan fingerprint density at radius 2 is 2.06 bits per heavy atom. The molecule has 0 aliphatic heterocycles. The summed E-state index contributed by atoms with van der Waals surface area (Å²) in [5, 5.41) is 0. The summed E-state index contributed by atoms with van der Waals surface area (Å²) in [6.45, 7) is 6.48. The molecule has 0 aliphatic rings. The molecule has 3 heteroatoms. The van der Waals surface area contributed by atoms with Crippen LogP contribution in [0.2, 0.25) is 0 Å². The average molecular weight is 238 g/mol. The predicted molar refractivity (Wildman–Crippen MR) is 68.2 cm³/mol. The topological polar surface area (TPSA) is 26.3 Å². The summed E-state index contributed by atoms with van der Waals surface area (Å²) in [5.41, 5.74) is 1.94. The SMILES string of the molecule is CCOC(=O)c1ccc(CC)c(SCC)c1. The second kappa shape index (κ2) is 6.59. The van der Waals surface area contributed by atoms with Gasteiger partial charge in [0, 0.05) is 4.90 Å². The Bertz CT molecular complexity index is 361. The second-order valence-electron chi connectivity index (χ2n) is 3.33. The van der Waals surface area contributed by atoms with Gasteiger partial charge in [0.15, 0.2) is 0 Å². The van der Waals surface area contributed by atoms with Crippen molar-refractivity contribution in [3.8, 4) is 0 Å². The molecule has 0 saturated heterocycles. The lowest BCUT2D eigenvalue weighted by Gasteiger charge is -2.08. The van der Waals surface area contributed by atoms with Crippen LogP contribution in [0.15, 0.2) is 23.1 Å². The van der Waals surface area contributed by atoms with Crippen LogP contribution in [-0.2, 0) is 11.2 Å². The monoisotopic (exact) mass is 238 g/mol. The van der Waals surface area contributed by atoms with Crippen molar-refractivity contribution in [1.82, 2.24) is 0 Å². The summed E-state index contributed by atoms with van der Waals surface area (Å²) in [5.74, 6) is 0.780. The van der Waals surface area contributed by atoms with E-state index in [9.17, 15) is 4.79 Å². The molecule has 0 unspecified atom stereocenters. The van der Waals surface area contributed by atoms with E-state index in [1.165, 1.54) is 10.5 Å². The fourth-order valence-electron chi connectivity index (χ4n) is 1.48. The van der Waals surface area contributed by atoms with Crippen LogP contribution in [-0.4, -0.2) is 18.3 Å². The summed E-state index contributed by atoms with van der Waals surface area (Å²) in [4.78, 5) is 12.8. The average Bonchev–Trinajstić information content (AvgIpc) is 2.29. The minimum atomic E-state index is -0.233. The fraction of sp³-hybridized carbons (Fsp3) is 0.462. The maximum absolute atomic E-state index is 11.6. The standard InChI is InChI=1S/C13H18O2S/c1-4-10-7-8-11(13(14)15-5-2)9-12(10)16-6-3/h7-9H,4-6H2,1-3H3. The van der Waals surface area contributed by atoms with E-state index >= 15 is 0 Å². The van der Waals surface area contributed by atoms with Crippen LogP contribution in [0.3, 0.4) is 0 Å². The summed E-state index contributed by atoms with van der Waals surface area (Å²) in [7, 11) is 0. The molecule has 0 amide bonds. The molecule has 0 heterocycles. The van der Waals surface area contributed by atoms with Gasteiger partial charge in [0.2, 0.25) is 0 Å². The molecule has 0 radical (unpaired) electrons. The zero-order chi connectivity index (χ0) is 12.0. The van der Waals surface area contributed by atoms with Crippen molar-refractivity contribution in [3.63, 3.8) is 0 Å². The summed E-state index contributed by atoms with van der Waals surface area (Å²) in [6, 6.07) is 5.80. The Morgan fingerprint density at radius 3 is 2.62 bits per heavy atom. The fourth-order valence-corrected chi connectivity index (χ4v) is 2.40. The first kappa shape index (κ1) is 13.1. The smallest absolute Gasteiger partial charge is 0.338 e. The molecular formula is C13H18O2S. The highest BCUT2D eigenvalue weighted by Gasteiger charge is 2.09. The van der Waals surface area contributed by atoms with Crippen molar-refractivity contribution in [2.24, 2.45) is 0 Å². The Morgan fingerprint density at radius 1 is 1.31 bits per heavy atom. The van der Waals surface area contributed by atoms with Gasteiger partial charge in [-0.05, 0) is 36.8 Å². The van der Waals surface area contributed by atoms with Gasteiger partial charge < -0.3 is 4.74 Å². The number of carbonyl (C=O) groups is 1. The van der Waals surface area contributed by atoms with Gasteiger partial charge in [0.05, 0.1) is 12.2 Å². The maximum Gasteiger partial charge on any atom is 0.338 e. The first-order valence-corrected chi connectivity index (χ1v) is 6.64. The molecule has 1 aromatic carbocycles. The molecule has 0 aromatic heterocycles. The van der Waals surface area contributed by atoms with Crippen molar-refractivity contribution in [2.45, 2.75) is 32.1 Å². The van der Waals surface area contributed by atoms with E-state index in [-0.39, 0.29) is 5.97 Å². The van der Waals surface area contributed by atoms with Gasteiger partial charge in [-0.2, -0.15) is 0 Å². The molecule has 1 aromatic rings. The highest BCUT2D eigenvalue weighted by molar-refractivity contribution is 7.99. The third-order valence-corrected chi connectivity index (χ3v) is 3.24. The van der Waals surface area contributed by atoms with Gasteiger partial charge in [-0.1, -0.05) is 19.9 Å². The van der Waals surface area contributed by atoms with Crippen LogP contribution in [0.5, 0.6) is 0 Å². The van der Waals surface area contributed by atoms with Crippen LogP contribution in [0.4, 0.5) is 0 Å². The highest BCUT2D eigenvalue weighted by atomic mass is 32.2. The number of hydrogen-bond donors (Lipinski definition) is 0. The Balaban J connectivity index is 2.96. The molecule has 0 spiro atoms. The van der Waals surface area contributed by atoms with Gasteiger partial charge in [0.25, 0.3) is 0 Å². The van der Waals surface area contributed by atoms with Crippen molar-refractivity contribution in [3.05, 3.63) is 29.3 Å². The van der Waals surface area contributed by atoms with E-state index in [4.69, 9.17) is 4.74 Å². The minimum absolute atomic E-state index is 0.233. The summed E-state index contributed by atoms with van der Waals surface area (Å²) < 4.78 is 4.99. The Kier molecular flexibility index (Phi) is 5.39. The number of aryl methyl sites for hydroxylation is 1. The number of carbonyl (C=O) groups excluding carboxylic acids is 1. The molecule has 0 bridgehead atoms. The third-order valence-electron chi connectivity index (χ3n) is 2.26. The molecule has 2 nitrogen and oxygen atoms in total. The lowest BCUT2D eigenvalue weighted by molar-refractivity contribution is 0.0526. The number of ether oxygens (including phenoxy) is 1. The van der Waals surface area contributed by atoms with Crippen LogP contribution in [0.25, 0.3) is 0 Å². The molecule has 0 saturated carbocycles. The van der Waals surface area contributed by atoms with Crippen molar-refractivity contribution >= 4 is 17.7 Å². The van der Waals surface area contributed by atoms with Crippen molar-refractivity contribution in [1.29, 1.82) is 0 Å². The number of rotatable bonds is 5. The van der Waals surface area contributed by atoms with Gasteiger partial charge in [-0.15, -0.1) is 11.8 Å². The van der Waals surface area contributed by atoms with E-state index in [1.807, 2.05) is 25.1 Å².